The maximum atomic E-state index is 12.2. The van der Waals surface area contributed by atoms with E-state index in [2.05, 4.69) is 10.3 Å². The number of carbonyl (C=O) groups excluding carboxylic acids is 1. The first kappa shape index (κ1) is 15.9. The van der Waals surface area contributed by atoms with Crippen LogP contribution in [0, 0.1) is 0 Å². The second kappa shape index (κ2) is 7.04. The number of benzene rings is 2. The quantitative estimate of drug-likeness (QED) is 0.741. The lowest BCUT2D eigenvalue weighted by molar-refractivity contribution is 0.0952. The molecule has 1 amide bonds. The molecule has 3 rings (SSSR count). The molecule has 0 radical (unpaired) electrons. The van der Waals surface area contributed by atoms with Crippen LogP contribution in [0.2, 0.25) is 0 Å². The molecule has 2 aromatic carbocycles. The summed E-state index contributed by atoms with van der Waals surface area (Å²) in [6.45, 7) is 1.97. The molecule has 1 aromatic heterocycles. The monoisotopic (exact) mass is 320 g/mol. The second-order valence-corrected chi connectivity index (χ2v) is 5.54. The summed E-state index contributed by atoms with van der Waals surface area (Å²) in [5.74, 6) is 0.344. The van der Waals surface area contributed by atoms with E-state index in [4.69, 9.17) is 4.74 Å². The van der Waals surface area contributed by atoms with Gasteiger partial charge in [0.15, 0.2) is 5.75 Å². The lowest BCUT2D eigenvalue weighted by Crippen LogP contribution is -2.19. The molecular weight excluding hydrogens is 300 g/mol. The molecule has 3 aromatic rings. The summed E-state index contributed by atoms with van der Waals surface area (Å²) in [5, 5.41) is 2.65. The highest BCUT2D eigenvalue weighted by atomic mass is 16.5. The van der Waals surface area contributed by atoms with Gasteiger partial charge in [-0.3, -0.25) is 4.79 Å². The Morgan fingerprint density at radius 1 is 1.04 bits per heavy atom. The summed E-state index contributed by atoms with van der Waals surface area (Å²) in [7, 11) is 1.61. The Hall–Kier alpha value is -3.01. The normalized spacial score (nSPS) is 11.8. The minimum Gasteiger partial charge on any atom is -0.484 e. The summed E-state index contributed by atoms with van der Waals surface area (Å²) in [6, 6.07) is 21.7. The van der Waals surface area contributed by atoms with Gasteiger partial charge in [0.1, 0.15) is 11.8 Å². The number of nitrogens with one attached hydrogen (secondary N) is 2. The van der Waals surface area contributed by atoms with Gasteiger partial charge in [0.05, 0.1) is 0 Å². The smallest absolute Gasteiger partial charge is 0.271 e. The van der Waals surface area contributed by atoms with E-state index in [1.54, 1.807) is 7.05 Å². The summed E-state index contributed by atoms with van der Waals surface area (Å²) >= 11 is 0. The maximum Gasteiger partial charge on any atom is 0.271 e. The van der Waals surface area contributed by atoms with Crippen LogP contribution in [-0.4, -0.2) is 17.9 Å². The molecule has 4 heteroatoms. The predicted octanol–water partition coefficient (Wildman–Crippen LogP) is 4.18. The fourth-order valence-electron chi connectivity index (χ4n) is 2.58. The zero-order valence-electron chi connectivity index (χ0n) is 13.7. The van der Waals surface area contributed by atoms with Crippen molar-refractivity contribution in [1.82, 2.24) is 10.3 Å². The van der Waals surface area contributed by atoms with Gasteiger partial charge in [0.2, 0.25) is 0 Å². The molecule has 0 spiro atoms. The number of H-pyrrole nitrogens is 1. The SMILES string of the molecule is CNC(=O)c1[nH]c(-c2ccccc2)cc1O[C@@H](C)c1ccccc1. The number of aromatic nitrogens is 1. The molecule has 0 unspecified atom stereocenters. The van der Waals surface area contributed by atoms with Gasteiger partial charge >= 0.3 is 0 Å². The van der Waals surface area contributed by atoms with E-state index in [1.807, 2.05) is 73.7 Å². The van der Waals surface area contributed by atoms with Crippen molar-refractivity contribution in [2.75, 3.05) is 7.05 Å². The van der Waals surface area contributed by atoms with Crippen molar-refractivity contribution in [3.05, 3.63) is 78.0 Å². The van der Waals surface area contributed by atoms with Gasteiger partial charge < -0.3 is 15.0 Å². The minimum absolute atomic E-state index is 0.158. The molecule has 4 nitrogen and oxygen atoms in total. The highest BCUT2D eigenvalue weighted by Gasteiger charge is 2.19. The van der Waals surface area contributed by atoms with E-state index in [1.165, 1.54) is 0 Å². The summed E-state index contributed by atoms with van der Waals surface area (Å²) in [4.78, 5) is 15.3. The van der Waals surface area contributed by atoms with Crippen molar-refractivity contribution in [3.63, 3.8) is 0 Å². The molecule has 0 bridgehead atoms. The first-order chi connectivity index (χ1) is 11.7. The van der Waals surface area contributed by atoms with Crippen LogP contribution in [0.1, 0.15) is 29.1 Å². The Morgan fingerprint density at radius 2 is 1.67 bits per heavy atom. The summed E-state index contributed by atoms with van der Waals surface area (Å²) < 4.78 is 6.06. The van der Waals surface area contributed by atoms with Crippen LogP contribution in [0.3, 0.4) is 0 Å². The molecule has 0 fully saturated rings. The third-order valence-corrected chi connectivity index (χ3v) is 3.89. The van der Waals surface area contributed by atoms with Gasteiger partial charge in [-0.25, -0.2) is 0 Å². The highest BCUT2D eigenvalue weighted by molar-refractivity contribution is 5.96. The topological polar surface area (TPSA) is 54.1 Å². The molecule has 2 N–H and O–H groups in total. The Labute approximate surface area is 141 Å². The Kier molecular flexibility index (Phi) is 4.66. The molecule has 0 saturated carbocycles. The van der Waals surface area contributed by atoms with E-state index in [-0.39, 0.29) is 12.0 Å². The number of carbonyl (C=O) groups is 1. The van der Waals surface area contributed by atoms with Crippen molar-refractivity contribution in [2.24, 2.45) is 0 Å². The van der Waals surface area contributed by atoms with Crippen LogP contribution < -0.4 is 10.1 Å². The number of aromatic amines is 1. The maximum absolute atomic E-state index is 12.2. The number of amides is 1. The second-order valence-electron chi connectivity index (χ2n) is 5.54. The molecule has 1 atom stereocenters. The first-order valence-electron chi connectivity index (χ1n) is 7.91. The van der Waals surface area contributed by atoms with Gasteiger partial charge in [-0.15, -0.1) is 0 Å². The van der Waals surface area contributed by atoms with E-state index >= 15 is 0 Å². The first-order valence-corrected chi connectivity index (χ1v) is 7.91. The van der Waals surface area contributed by atoms with Gasteiger partial charge in [-0.1, -0.05) is 60.7 Å². The van der Waals surface area contributed by atoms with E-state index in [9.17, 15) is 4.79 Å². The highest BCUT2D eigenvalue weighted by Crippen LogP contribution is 2.30. The third-order valence-electron chi connectivity index (χ3n) is 3.89. The molecule has 24 heavy (non-hydrogen) atoms. The zero-order valence-corrected chi connectivity index (χ0v) is 13.7. The fourth-order valence-corrected chi connectivity index (χ4v) is 2.58. The van der Waals surface area contributed by atoms with Crippen molar-refractivity contribution >= 4 is 5.91 Å². The van der Waals surface area contributed by atoms with Crippen LogP contribution in [-0.2, 0) is 0 Å². The number of ether oxygens (including phenoxy) is 1. The van der Waals surface area contributed by atoms with Crippen LogP contribution in [0.15, 0.2) is 66.7 Å². The summed E-state index contributed by atoms with van der Waals surface area (Å²) in [5.41, 5.74) is 3.34. The van der Waals surface area contributed by atoms with Crippen molar-refractivity contribution < 1.29 is 9.53 Å². The Morgan fingerprint density at radius 3 is 2.29 bits per heavy atom. The lowest BCUT2D eigenvalue weighted by Gasteiger charge is -2.14. The molecular formula is C20H20N2O2. The third kappa shape index (κ3) is 3.33. The van der Waals surface area contributed by atoms with E-state index in [0.29, 0.717) is 11.4 Å². The van der Waals surface area contributed by atoms with Gasteiger partial charge in [0.25, 0.3) is 5.91 Å². The van der Waals surface area contributed by atoms with Gasteiger partial charge in [-0.05, 0) is 18.1 Å². The van der Waals surface area contributed by atoms with Crippen LogP contribution in [0.25, 0.3) is 11.3 Å². The zero-order chi connectivity index (χ0) is 16.9. The largest absolute Gasteiger partial charge is 0.484 e. The molecule has 0 saturated heterocycles. The standard InChI is InChI=1S/C20H20N2O2/c1-14(15-9-5-3-6-10-15)24-18-13-17(16-11-7-4-8-12-16)22-19(18)20(23)21-2/h3-14,22H,1-2H3,(H,21,23)/t14-/m0/s1. The molecule has 1 heterocycles. The number of hydrogen-bond acceptors (Lipinski definition) is 2. The molecule has 0 aliphatic heterocycles. The average molecular weight is 320 g/mol. The van der Waals surface area contributed by atoms with E-state index in [0.717, 1.165) is 16.8 Å². The molecule has 0 aliphatic rings. The predicted molar refractivity (Wildman–Crippen MR) is 95.1 cm³/mol. The van der Waals surface area contributed by atoms with Crippen LogP contribution >= 0.6 is 0 Å². The van der Waals surface area contributed by atoms with E-state index < -0.39 is 0 Å². The van der Waals surface area contributed by atoms with Crippen molar-refractivity contribution in [2.45, 2.75) is 13.0 Å². The van der Waals surface area contributed by atoms with Crippen LogP contribution in [0.4, 0.5) is 0 Å². The van der Waals surface area contributed by atoms with Gasteiger partial charge in [-0.2, -0.15) is 0 Å². The average Bonchev–Trinajstić information content (AvgIpc) is 3.06. The van der Waals surface area contributed by atoms with Crippen molar-refractivity contribution in [1.29, 1.82) is 0 Å². The molecule has 122 valence electrons. The summed E-state index contributed by atoms with van der Waals surface area (Å²) in [6.07, 6.45) is -0.158. The Balaban J connectivity index is 1.94. The number of hydrogen-bond donors (Lipinski definition) is 2. The Bertz CT molecular complexity index is 810. The van der Waals surface area contributed by atoms with Crippen LogP contribution in [0.5, 0.6) is 5.75 Å². The van der Waals surface area contributed by atoms with Gasteiger partial charge in [0, 0.05) is 18.8 Å². The molecule has 0 aliphatic carbocycles. The lowest BCUT2D eigenvalue weighted by atomic mass is 10.1. The minimum atomic E-state index is -0.201. The number of rotatable bonds is 5. The fraction of sp³-hybridized carbons (Fsp3) is 0.150. The van der Waals surface area contributed by atoms with Crippen molar-refractivity contribution in [3.8, 4) is 17.0 Å².